The van der Waals surface area contributed by atoms with Gasteiger partial charge >= 0.3 is 0 Å². The van der Waals surface area contributed by atoms with Gasteiger partial charge in [-0.15, -0.1) is 0 Å². The van der Waals surface area contributed by atoms with Crippen LogP contribution in [-0.4, -0.2) is 50.8 Å². The first-order valence-corrected chi connectivity index (χ1v) is 11.1. The molecule has 1 aromatic carbocycles. The third-order valence-corrected chi connectivity index (χ3v) is 4.32. The van der Waals surface area contributed by atoms with Crippen molar-refractivity contribution in [1.29, 1.82) is 0 Å². The maximum absolute atomic E-state index is 11.8. The van der Waals surface area contributed by atoms with Gasteiger partial charge in [-0.2, -0.15) is 0 Å². The second-order valence-corrected chi connectivity index (χ2v) is 8.36. The van der Waals surface area contributed by atoms with E-state index in [0.717, 1.165) is 37.3 Å². The highest BCUT2D eigenvalue weighted by atomic mass is 16.5. The topological polar surface area (TPSA) is 84.0 Å². The number of guanidine groups is 1. The molecule has 0 radical (unpaired) electrons. The van der Waals surface area contributed by atoms with Crippen molar-refractivity contribution < 1.29 is 14.3 Å². The molecule has 168 valence electrons. The molecule has 0 aromatic heterocycles. The van der Waals surface area contributed by atoms with Gasteiger partial charge in [0.1, 0.15) is 5.75 Å². The first kappa shape index (κ1) is 24.0. The van der Waals surface area contributed by atoms with E-state index in [9.17, 15) is 4.79 Å². The molecule has 0 spiro atoms. The summed E-state index contributed by atoms with van der Waals surface area (Å²) in [6, 6.07) is 7.82. The Hall–Kier alpha value is -2.28. The molecule has 0 bridgehead atoms. The van der Waals surface area contributed by atoms with Crippen molar-refractivity contribution in [2.75, 3.05) is 38.2 Å². The zero-order chi connectivity index (χ0) is 21.8. The van der Waals surface area contributed by atoms with Crippen molar-refractivity contribution in [2.45, 2.75) is 53.1 Å². The Morgan fingerprint density at radius 1 is 1.10 bits per heavy atom. The van der Waals surface area contributed by atoms with E-state index >= 15 is 0 Å². The number of amides is 1. The second kappa shape index (κ2) is 13.1. The average molecular weight is 419 g/mol. The van der Waals surface area contributed by atoms with Crippen LogP contribution in [-0.2, 0) is 9.53 Å². The highest BCUT2D eigenvalue weighted by Crippen LogP contribution is 2.28. The monoisotopic (exact) mass is 418 g/mol. The lowest BCUT2D eigenvalue weighted by Gasteiger charge is -2.14. The summed E-state index contributed by atoms with van der Waals surface area (Å²) in [6.07, 6.45) is 3.04. The minimum Gasteiger partial charge on any atom is -0.491 e. The molecule has 0 unspecified atom stereocenters. The van der Waals surface area contributed by atoms with Crippen LogP contribution < -0.4 is 20.7 Å². The summed E-state index contributed by atoms with van der Waals surface area (Å²) in [7, 11) is 0. The van der Waals surface area contributed by atoms with Gasteiger partial charge in [-0.1, -0.05) is 13.8 Å². The van der Waals surface area contributed by atoms with Gasteiger partial charge in [-0.05, 0) is 63.3 Å². The number of rotatable bonds is 13. The lowest BCUT2D eigenvalue weighted by atomic mass is 10.2. The number of aliphatic imine (C=N–C) groups is 1. The van der Waals surface area contributed by atoms with E-state index in [1.54, 1.807) is 0 Å². The molecule has 1 aliphatic carbocycles. The van der Waals surface area contributed by atoms with E-state index in [0.29, 0.717) is 38.1 Å². The fourth-order valence-electron chi connectivity index (χ4n) is 2.70. The first-order valence-electron chi connectivity index (χ1n) is 11.1. The summed E-state index contributed by atoms with van der Waals surface area (Å²) < 4.78 is 11.3. The Morgan fingerprint density at radius 2 is 1.80 bits per heavy atom. The van der Waals surface area contributed by atoms with E-state index in [4.69, 9.17) is 9.47 Å². The molecule has 1 aliphatic rings. The average Bonchev–Trinajstić information content (AvgIpc) is 3.53. The van der Waals surface area contributed by atoms with Crippen molar-refractivity contribution in [3.8, 4) is 5.75 Å². The van der Waals surface area contributed by atoms with Gasteiger partial charge in [0.2, 0.25) is 5.91 Å². The minimum atomic E-state index is 0.145. The first-order chi connectivity index (χ1) is 14.4. The quantitative estimate of drug-likeness (QED) is 0.260. The Bertz CT molecular complexity index is 655. The van der Waals surface area contributed by atoms with Gasteiger partial charge < -0.3 is 25.4 Å². The highest BCUT2D eigenvalue weighted by Gasteiger charge is 2.28. The third kappa shape index (κ3) is 10.5. The molecule has 0 heterocycles. The second-order valence-electron chi connectivity index (χ2n) is 8.36. The van der Waals surface area contributed by atoms with Crippen LogP contribution in [0, 0.1) is 11.8 Å². The summed E-state index contributed by atoms with van der Waals surface area (Å²) in [5, 5.41) is 9.58. The summed E-state index contributed by atoms with van der Waals surface area (Å²) in [6.45, 7) is 11.6. The number of hydrogen-bond acceptors (Lipinski definition) is 4. The van der Waals surface area contributed by atoms with Crippen LogP contribution in [0.15, 0.2) is 29.3 Å². The molecular formula is C23H38N4O3. The van der Waals surface area contributed by atoms with E-state index in [1.165, 1.54) is 0 Å². The summed E-state index contributed by atoms with van der Waals surface area (Å²) in [5.41, 5.74) is 0.926. The number of nitrogens with zero attached hydrogens (tertiary/aromatic N) is 1. The molecule has 3 N–H and O–H groups in total. The molecule has 7 heteroatoms. The van der Waals surface area contributed by atoms with E-state index < -0.39 is 0 Å². The maximum atomic E-state index is 11.8. The van der Waals surface area contributed by atoms with Crippen molar-refractivity contribution in [3.05, 3.63) is 24.3 Å². The van der Waals surface area contributed by atoms with Gasteiger partial charge in [0, 0.05) is 44.5 Å². The fourth-order valence-corrected chi connectivity index (χ4v) is 2.70. The van der Waals surface area contributed by atoms with E-state index in [-0.39, 0.29) is 17.9 Å². The Labute approximate surface area is 181 Å². The number of ether oxygens (including phenoxy) is 2. The minimum absolute atomic E-state index is 0.145. The molecule has 1 fully saturated rings. The standard InChI is InChI=1S/C23H38N4O3/c1-17(2)16-29-15-5-12-25-23(26-14-13-24-22(28)19-6-7-19)27-20-8-10-21(11-9-20)30-18(3)4/h8-11,17-19H,5-7,12-16H2,1-4H3,(H,24,28)(H2,25,26,27). The number of nitrogens with one attached hydrogen (secondary N) is 3. The van der Waals surface area contributed by atoms with Gasteiger partial charge in [0.25, 0.3) is 0 Å². The Kier molecular flexibility index (Phi) is 10.5. The number of anilines is 1. The lowest BCUT2D eigenvalue weighted by molar-refractivity contribution is -0.122. The largest absolute Gasteiger partial charge is 0.491 e. The van der Waals surface area contributed by atoms with Crippen molar-refractivity contribution in [2.24, 2.45) is 16.8 Å². The van der Waals surface area contributed by atoms with Gasteiger partial charge in [-0.25, -0.2) is 0 Å². The molecule has 30 heavy (non-hydrogen) atoms. The predicted octanol–water partition coefficient (Wildman–Crippen LogP) is 3.42. The van der Waals surface area contributed by atoms with Gasteiger partial charge in [0.15, 0.2) is 5.96 Å². The lowest BCUT2D eigenvalue weighted by Crippen LogP contribution is -2.38. The zero-order valence-corrected chi connectivity index (χ0v) is 18.9. The molecule has 1 saturated carbocycles. The number of carbonyl (C=O) groups is 1. The predicted molar refractivity (Wildman–Crippen MR) is 122 cm³/mol. The zero-order valence-electron chi connectivity index (χ0n) is 18.9. The van der Waals surface area contributed by atoms with Crippen LogP contribution in [0.1, 0.15) is 47.0 Å². The van der Waals surface area contributed by atoms with E-state index in [2.05, 4.69) is 34.8 Å². The highest BCUT2D eigenvalue weighted by molar-refractivity contribution is 5.93. The van der Waals surface area contributed by atoms with Crippen molar-refractivity contribution >= 4 is 17.6 Å². The third-order valence-electron chi connectivity index (χ3n) is 4.32. The fraction of sp³-hybridized carbons (Fsp3) is 0.652. The SMILES string of the molecule is CC(C)COCCCN=C(NCCNC(=O)C1CC1)Nc1ccc(OC(C)C)cc1. The van der Waals surface area contributed by atoms with Crippen LogP contribution in [0.5, 0.6) is 5.75 Å². The number of carbonyl (C=O) groups excluding carboxylic acids is 1. The Morgan fingerprint density at radius 3 is 2.43 bits per heavy atom. The van der Waals surface area contributed by atoms with Gasteiger partial charge in [0.05, 0.1) is 6.10 Å². The Balaban J connectivity index is 1.81. The smallest absolute Gasteiger partial charge is 0.223 e. The normalized spacial score (nSPS) is 14.1. The van der Waals surface area contributed by atoms with Crippen LogP contribution in [0.25, 0.3) is 0 Å². The molecule has 1 amide bonds. The molecular weight excluding hydrogens is 380 g/mol. The van der Waals surface area contributed by atoms with Crippen LogP contribution in [0.2, 0.25) is 0 Å². The molecule has 2 rings (SSSR count). The molecule has 1 aromatic rings. The molecule has 0 aliphatic heterocycles. The summed E-state index contributed by atoms with van der Waals surface area (Å²) in [4.78, 5) is 16.4. The number of hydrogen-bond donors (Lipinski definition) is 3. The van der Waals surface area contributed by atoms with Crippen LogP contribution in [0.4, 0.5) is 5.69 Å². The van der Waals surface area contributed by atoms with Crippen molar-refractivity contribution in [1.82, 2.24) is 10.6 Å². The van der Waals surface area contributed by atoms with Crippen LogP contribution >= 0.6 is 0 Å². The summed E-state index contributed by atoms with van der Waals surface area (Å²) >= 11 is 0. The van der Waals surface area contributed by atoms with Crippen molar-refractivity contribution in [3.63, 3.8) is 0 Å². The molecule has 7 nitrogen and oxygen atoms in total. The van der Waals surface area contributed by atoms with E-state index in [1.807, 2.05) is 38.1 Å². The summed E-state index contributed by atoms with van der Waals surface area (Å²) in [5.74, 6) is 2.46. The van der Waals surface area contributed by atoms with Crippen LogP contribution in [0.3, 0.4) is 0 Å². The molecule has 0 saturated heterocycles. The number of benzene rings is 1. The molecule has 0 atom stereocenters. The maximum Gasteiger partial charge on any atom is 0.223 e. The van der Waals surface area contributed by atoms with Gasteiger partial charge in [-0.3, -0.25) is 9.79 Å².